The highest BCUT2D eigenvalue weighted by Crippen LogP contribution is 2.33. The summed E-state index contributed by atoms with van der Waals surface area (Å²) in [6.45, 7) is 3.87. The molecular weight excluding hydrogens is 370 g/mol. The van der Waals surface area contributed by atoms with Crippen molar-refractivity contribution in [2.24, 2.45) is 0 Å². The molecule has 0 spiro atoms. The van der Waals surface area contributed by atoms with Crippen molar-refractivity contribution in [2.45, 2.75) is 30.3 Å². The Hall–Kier alpha value is -1.93. The van der Waals surface area contributed by atoms with Gasteiger partial charge in [-0.1, -0.05) is 32.0 Å². The lowest BCUT2D eigenvalue weighted by Crippen LogP contribution is -2.40. The quantitative estimate of drug-likeness (QED) is 0.644. The summed E-state index contributed by atoms with van der Waals surface area (Å²) in [5.41, 5.74) is -0.502. The highest BCUT2D eigenvalue weighted by molar-refractivity contribution is 7.89. The van der Waals surface area contributed by atoms with Crippen molar-refractivity contribution in [3.63, 3.8) is 0 Å². The molecule has 3 aromatic rings. The second-order valence-corrected chi connectivity index (χ2v) is 9.08. The number of nitrogens with one attached hydrogen (secondary N) is 1. The Kier molecular flexibility index (Phi) is 5.34. The van der Waals surface area contributed by atoms with Crippen LogP contribution >= 0.6 is 11.3 Å². The summed E-state index contributed by atoms with van der Waals surface area (Å²) in [6, 6.07) is 13.6. The normalized spacial score (nSPS) is 14.5. The standard InChI is InChI=1S/C19H21NO4S2/c1-14(2)15-7-9-16(10-8-15)26(22,23)20-13-19(21,17-5-3-11-24-17)18-6-4-12-25-18/h3-12,14,20-21H,13H2,1-2H3. The minimum Gasteiger partial charge on any atom is -0.466 e. The third-order valence-corrected chi connectivity index (χ3v) is 6.67. The van der Waals surface area contributed by atoms with Crippen LogP contribution in [-0.4, -0.2) is 20.1 Å². The maximum absolute atomic E-state index is 12.6. The van der Waals surface area contributed by atoms with Crippen LogP contribution in [0.5, 0.6) is 0 Å². The Morgan fingerprint density at radius 2 is 1.88 bits per heavy atom. The highest BCUT2D eigenvalue weighted by atomic mass is 32.2. The number of hydrogen-bond acceptors (Lipinski definition) is 5. The van der Waals surface area contributed by atoms with Crippen LogP contribution in [0.4, 0.5) is 0 Å². The molecule has 0 fully saturated rings. The Morgan fingerprint density at radius 3 is 2.42 bits per heavy atom. The van der Waals surface area contributed by atoms with E-state index in [1.807, 2.05) is 19.2 Å². The molecule has 0 saturated carbocycles. The molecule has 0 aliphatic heterocycles. The number of sulfonamides is 1. The predicted octanol–water partition coefficient (Wildman–Crippen LogP) is 3.68. The van der Waals surface area contributed by atoms with Gasteiger partial charge >= 0.3 is 0 Å². The van der Waals surface area contributed by atoms with Gasteiger partial charge in [-0.3, -0.25) is 0 Å². The SMILES string of the molecule is CC(C)c1ccc(S(=O)(=O)NCC(O)(c2ccco2)c2cccs2)cc1. The molecule has 0 aliphatic rings. The van der Waals surface area contributed by atoms with Crippen molar-refractivity contribution in [1.29, 1.82) is 0 Å². The summed E-state index contributed by atoms with van der Waals surface area (Å²) < 4.78 is 33.2. The molecule has 0 amide bonds. The van der Waals surface area contributed by atoms with E-state index in [2.05, 4.69) is 4.72 Å². The van der Waals surface area contributed by atoms with Crippen molar-refractivity contribution in [2.75, 3.05) is 6.54 Å². The van der Waals surface area contributed by atoms with Crippen molar-refractivity contribution < 1.29 is 17.9 Å². The monoisotopic (exact) mass is 391 g/mol. The maximum atomic E-state index is 12.6. The number of aliphatic hydroxyl groups is 1. The minimum absolute atomic E-state index is 0.162. The molecule has 0 aliphatic carbocycles. The summed E-state index contributed by atoms with van der Waals surface area (Å²) in [5.74, 6) is 0.611. The van der Waals surface area contributed by atoms with E-state index in [1.165, 1.54) is 17.6 Å². The van der Waals surface area contributed by atoms with Gasteiger partial charge in [0.2, 0.25) is 10.0 Å². The van der Waals surface area contributed by atoms with E-state index in [0.717, 1.165) is 5.56 Å². The Balaban J connectivity index is 1.85. The average molecular weight is 392 g/mol. The molecule has 3 rings (SSSR count). The van der Waals surface area contributed by atoms with Crippen LogP contribution in [0.2, 0.25) is 0 Å². The fourth-order valence-electron chi connectivity index (χ4n) is 2.64. The van der Waals surface area contributed by atoms with Crippen molar-refractivity contribution in [3.8, 4) is 0 Å². The molecule has 138 valence electrons. The van der Waals surface area contributed by atoms with E-state index in [9.17, 15) is 13.5 Å². The van der Waals surface area contributed by atoms with Gasteiger partial charge in [-0.2, -0.15) is 0 Å². The lowest BCUT2D eigenvalue weighted by molar-refractivity contribution is 0.0655. The van der Waals surface area contributed by atoms with Gasteiger partial charge in [0.25, 0.3) is 0 Å². The number of hydrogen-bond donors (Lipinski definition) is 2. The predicted molar refractivity (Wildman–Crippen MR) is 102 cm³/mol. The molecule has 2 N–H and O–H groups in total. The first kappa shape index (κ1) is 18.8. The number of thiophene rings is 1. The molecule has 0 bridgehead atoms. The number of furan rings is 1. The van der Waals surface area contributed by atoms with E-state index in [1.54, 1.807) is 48.5 Å². The topological polar surface area (TPSA) is 79.5 Å². The van der Waals surface area contributed by atoms with Crippen LogP contribution in [0.3, 0.4) is 0 Å². The van der Waals surface area contributed by atoms with Crippen molar-refractivity contribution in [3.05, 3.63) is 76.4 Å². The van der Waals surface area contributed by atoms with Gasteiger partial charge in [-0.05, 0) is 47.2 Å². The molecular formula is C19H21NO4S2. The fraction of sp³-hybridized carbons (Fsp3) is 0.263. The van der Waals surface area contributed by atoms with Crippen LogP contribution in [-0.2, 0) is 15.6 Å². The zero-order chi connectivity index (χ0) is 18.8. The Bertz CT molecular complexity index is 894. The van der Waals surface area contributed by atoms with Crippen LogP contribution < -0.4 is 4.72 Å². The third-order valence-electron chi connectivity index (χ3n) is 4.23. The molecule has 2 heterocycles. The van der Waals surface area contributed by atoms with Gasteiger partial charge in [0.15, 0.2) is 5.60 Å². The van der Waals surface area contributed by atoms with E-state index in [4.69, 9.17) is 4.42 Å². The zero-order valence-electron chi connectivity index (χ0n) is 14.5. The Morgan fingerprint density at radius 1 is 1.15 bits per heavy atom. The molecule has 2 aromatic heterocycles. The maximum Gasteiger partial charge on any atom is 0.240 e. The van der Waals surface area contributed by atoms with Gasteiger partial charge in [0.1, 0.15) is 5.76 Å². The Labute approximate surface area is 157 Å². The third kappa shape index (κ3) is 3.76. The van der Waals surface area contributed by atoms with Crippen LogP contribution in [0.15, 0.2) is 69.5 Å². The molecule has 7 heteroatoms. The summed E-state index contributed by atoms with van der Waals surface area (Å²) in [4.78, 5) is 0.764. The van der Waals surface area contributed by atoms with Gasteiger partial charge < -0.3 is 9.52 Å². The van der Waals surface area contributed by atoms with Gasteiger partial charge in [0.05, 0.1) is 17.7 Å². The van der Waals surface area contributed by atoms with Gasteiger partial charge in [-0.15, -0.1) is 11.3 Å². The zero-order valence-corrected chi connectivity index (χ0v) is 16.2. The van der Waals surface area contributed by atoms with Crippen molar-refractivity contribution in [1.82, 2.24) is 4.72 Å². The lowest BCUT2D eigenvalue weighted by atomic mass is 9.99. The minimum atomic E-state index is -3.77. The molecule has 26 heavy (non-hydrogen) atoms. The molecule has 0 radical (unpaired) electrons. The van der Waals surface area contributed by atoms with Crippen LogP contribution in [0.25, 0.3) is 0 Å². The second-order valence-electron chi connectivity index (χ2n) is 6.36. The second kappa shape index (κ2) is 7.36. The summed E-state index contributed by atoms with van der Waals surface area (Å²) in [5, 5.41) is 13.0. The van der Waals surface area contributed by atoms with Crippen molar-refractivity contribution >= 4 is 21.4 Å². The van der Waals surface area contributed by atoms with Crippen LogP contribution in [0, 0.1) is 0 Å². The first-order chi connectivity index (χ1) is 12.3. The highest BCUT2D eigenvalue weighted by Gasteiger charge is 2.37. The largest absolute Gasteiger partial charge is 0.466 e. The summed E-state index contributed by atoms with van der Waals surface area (Å²) in [6.07, 6.45) is 1.45. The summed E-state index contributed by atoms with van der Waals surface area (Å²) in [7, 11) is -3.77. The molecule has 1 atom stereocenters. The number of rotatable bonds is 7. The average Bonchev–Trinajstić information content (AvgIpc) is 3.33. The smallest absolute Gasteiger partial charge is 0.240 e. The van der Waals surface area contributed by atoms with Crippen LogP contribution in [0.1, 0.15) is 36.0 Å². The van der Waals surface area contributed by atoms with E-state index in [0.29, 0.717) is 10.8 Å². The molecule has 0 saturated heterocycles. The first-order valence-electron chi connectivity index (χ1n) is 8.23. The molecule has 1 aromatic carbocycles. The summed E-state index contributed by atoms with van der Waals surface area (Å²) >= 11 is 1.33. The van der Waals surface area contributed by atoms with E-state index in [-0.39, 0.29) is 17.2 Å². The van der Waals surface area contributed by atoms with Gasteiger partial charge in [0, 0.05) is 4.88 Å². The number of benzene rings is 1. The van der Waals surface area contributed by atoms with E-state index < -0.39 is 15.6 Å². The van der Waals surface area contributed by atoms with Gasteiger partial charge in [-0.25, -0.2) is 13.1 Å². The first-order valence-corrected chi connectivity index (χ1v) is 10.6. The lowest BCUT2D eigenvalue weighted by Gasteiger charge is -2.25. The molecule has 1 unspecified atom stereocenters. The fourth-order valence-corrected chi connectivity index (χ4v) is 4.53. The molecule has 5 nitrogen and oxygen atoms in total. The van der Waals surface area contributed by atoms with E-state index >= 15 is 0 Å².